The Morgan fingerprint density at radius 3 is 2.70 bits per heavy atom. The summed E-state index contributed by atoms with van der Waals surface area (Å²) in [6.45, 7) is 3.29. The lowest BCUT2D eigenvalue weighted by molar-refractivity contribution is -0.344. The summed E-state index contributed by atoms with van der Waals surface area (Å²) in [5.74, 6) is -0.440. The largest absolute Gasteiger partial charge is 0.457 e. The van der Waals surface area contributed by atoms with E-state index in [-0.39, 0.29) is 11.8 Å². The van der Waals surface area contributed by atoms with Crippen molar-refractivity contribution in [3.63, 3.8) is 0 Å². The predicted octanol–water partition coefficient (Wildman–Crippen LogP) is -0.126. The molecule has 1 aromatic carbocycles. The van der Waals surface area contributed by atoms with E-state index in [1.54, 1.807) is 6.92 Å². The van der Waals surface area contributed by atoms with Gasteiger partial charge < -0.3 is 24.1 Å². The molecule has 0 aromatic heterocycles. The van der Waals surface area contributed by atoms with Gasteiger partial charge in [-0.2, -0.15) is 0 Å². The molecule has 7 heteroatoms. The van der Waals surface area contributed by atoms with Crippen molar-refractivity contribution in [1.29, 1.82) is 0 Å². The van der Waals surface area contributed by atoms with Gasteiger partial charge in [0, 0.05) is 22.7 Å². The zero-order valence-electron chi connectivity index (χ0n) is 13.5. The SMILES string of the molecule is CC(=O)OC1C([SiH3])OC2COC(c3ccccc3)OC2C1(C)O. The second-order valence-electron chi connectivity index (χ2n) is 6.27. The summed E-state index contributed by atoms with van der Waals surface area (Å²) in [5, 5.41) is 11.0. The van der Waals surface area contributed by atoms with Crippen LogP contribution in [0.5, 0.6) is 0 Å². The minimum absolute atomic E-state index is 0.310. The summed E-state index contributed by atoms with van der Waals surface area (Å²) in [6.07, 6.45) is -2.31. The first kappa shape index (κ1) is 16.6. The highest BCUT2D eigenvalue weighted by Gasteiger charge is 2.56. The molecule has 6 atom stereocenters. The molecule has 0 saturated carbocycles. The smallest absolute Gasteiger partial charge is 0.303 e. The first-order valence-corrected chi connectivity index (χ1v) is 8.92. The van der Waals surface area contributed by atoms with Crippen LogP contribution >= 0.6 is 0 Å². The van der Waals surface area contributed by atoms with Crippen LogP contribution in [0.1, 0.15) is 25.7 Å². The Labute approximate surface area is 138 Å². The van der Waals surface area contributed by atoms with Crippen molar-refractivity contribution in [2.45, 2.75) is 49.8 Å². The number of hydrogen-bond donors (Lipinski definition) is 1. The Morgan fingerprint density at radius 1 is 1.35 bits per heavy atom. The molecule has 126 valence electrons. The van der Waals surface area contributed by atoms with Gasteiger partial charge in [-0.15, -0.1) is 0 Å². The Balaban J connectivity index is 1.82. The monoisotopic (exact) mass is 338 g/mol. The zero-order valence-corrected chi connectivity index (χ0v) is 15.5. The van der Waals surface area contributed by atoms with Gasteiger partial charge in [0.15, 0.2) is 12.4 Å². The quantitative estimate of drug-likeness (QED) is 0.598. The van der Waals surface area contributed by atoms with E-state index in [0.717, 1.165) is 5.56 Å². The minimum Gasteiger partial charge on any atom is -0.457 e. The van der Waals surface area contributed by atoms with E-state index < -0.39 is 30.1 Å². The van der Waals surface area contributed by atoms with Gasteiger partial charge in [0.25, 0.3) is 0 Å². The molecule has 0 bridgehead atoms. The number of hydrogen-bond acceptors (Lipinski definition) is 6. The van der Waals surface area contributed by atoms with Crippen LogP contribution in [0.3, 0.4) is 0 Å². The fraction of sp³-hybridized carbons (Fsp3) is 0.562. The molecule has 0 spiro atoms. The molecular formula is C16H22O6Si. The zero-order chi connectivity index (χ0) is 16.6. The van der Waals surface area contributed by atoms with E-state index in [9.17, 15) is 9.90 Å². The van der Waals surface area contributed by atoms with E-state index in [0.29, 0.717) is 16.8 Å². The number of rotatable bonds is 2. The third kappa shape index (κ3) is 3.20. The van der Waals surface area contributed by atoms with Crippen molar-refractivity contribution in [3.8, 4) is 0 Å². The van der Waals surface area contributed by atoms with Gasteiger partial charge in [0.05, 0.1) is 12.3 Å². The lowest BCUT2D eigenvalue weighted by atomic mass is 9.85. The minimum atomic E-state index is -1.34. The van der Waals surface area contributed by atoms with Crippen LogP contribution in [0.15, 0.2) is 30.3 Å². The van der Waals surface area contributed by atoms with Crippen molar-refractivity contribution < 1.29 is 28.8 Å². The molecule has 2 aliphatic heterocycles. The standard InChI is InChI=1S/C16H22O6Si/c1-9(17)20-13-15(23)21-11-8-19-14(10-6-4-3-5-7-10)22-12(11)16(13,2)18/h3-7,11-15,18H,8H2,1-2,23H3. The third-order valence-electron chi connectivity index (χ3n) is 4.35. The highest BCUT2D eigenvalue weighted by Crippen LogP contribution is 2.39. The molecule has 6 nitrogen and oxygen atoms in total. The first-order valence-electron chi connectivity index (χ1n) is 7.76. The maximum atomic E-state index is 11.4. The second-order valence-corrected chi connectivity index (χ2v) is 7.41. The highest BCUT2D eigenvalue weighted by molar-refractivity contribution is 6.11. The van der Waals surface area contributed by atoms with Crippen molar-refractivity contribution >= 4 is 16.2 Å². The van der Waals surface area contributed by atoms with Crippen molar-refractivity contribution in [1.82, 2.24) is 0 Å². The Hall–Kier alpha value is -1.25. The maximum absolute atomic E-state index is 11.4. The summed E-state index contributed by atoms with van der Waals surface area (Å²) in [7, 11) is 0.621. The molecule has 2 heterocycles. The Bertz CT molecular complexity index is 563. The van der Waals surface area contributed by atoms with Crippen LogP contribution < -0.4 is 0 Å². The molecule has 2 fully saturated rings. The molecule has 3 rings (SSSR count). The predicted molar refractivity (Wildman–Crippen MR) is 84.8 cm³/mol. The average Bonchev–Trinajstić information content (AvgIpc) is 2.52. The molecule has 23 heavy (non-hydrogen) atoms. The van der Waals surface area contributed by atoms with Crippen LogP contribution in [0.4, 0.5) is 0 Å². The molecular weight excluding hydrogens is 316 g/mol. The maximum Gasteiger partial charge on any atom is 0.303 e. The van der Waals surface area contributed by atoms with Gasteiger partial charge in [0.1, 0.15) is 17.8 Å². The molecule has 0 amide bonds. The number of esters is 1. The van der Waals surface area contributed by atoms with Gasteiger partial charge in [-0.3, -0.25) is 4.79 Å². The summed E-state index contributed by atoms with van der Waals surface area (Å²) < 4.78 is 22.9. The van der Waals surface area contributed by atoms with Crippen LogP contribution in [0, 0.1) is 0 Å². The normalized spacial score (nSPS) is 40.4. The van der Waals surface area contributed by atoms with Crippen LogP contribution in [-0.2, 0) is 23.7 Å². The third-order valence-corrected chi connectivity index (χ3v) is 5.23. The van der Waals surface area contributed by atoms with E-state index in [1.807, 2.05) is 30.3 Å². The molecule has 1 aromatic rings. The van der Waals surface area contributed by atoms with E-state index >= 15 is 0 Å². The second kappa shape index (κ2) is 6.33. The lowest BCUT2D eigenvalue weighted by Gasteiger charge is -2.51. The van der Waals surface area contributed by atoms with E-state index in [2.05, 4.69) is 0 Å². The van der Waals surface area contributed by atoms with Gasteiger partial charge in [-0.25, -0.2) is 0 Å². The molecule has 2 aliphatic rings. The first-order chi connectivity index (χ1) is 10.9. The van der Waals surface area contributed by atoms with Crippen molar-refractivity contribution in [3.05, 3.63) is 35.9 Å². The molecule has 6 unspecified atom stereocenters. The van der Waals surface area contributed by atoms with Crippen LogP contribution in [0.25, 0.3) is 0 Å². The molecule has 1 N–H and O–H groups in total. The van der Waals surface area contributed by atoms with Gasteiger partial charge in [-0.05, 0) is 6.92 Å². The van der Waals surface area contributed by atoms with Crippen molar-refractivity contribution in [2.75, 3.05) is 6.61 Å². The lowest BCUT2D eigenvalue weighted by Crippen LogP contribution is -2.69. The van der Waals surface area contributed by atoms with E-state index in [1.165, 1.54) is 6.92 Å². The number of fused-ring (bicyclic) bond motifs is 1. The summed E-state index contributed by atoms with van der Waals surface area (Å²) in [5.41, 5.74) is -0.771. The van der Waals surface area contributed by atoms with Gasteiger partial charge in [0.2, 0.25) is 0 Å². The topological polar surface area (TPSA) is 74.2 Å². The summed E-state index contributed by atoms with van der Waals surface area (Å²) in [6, 6.07) is 9.53. The highest BCUT2D eigenvalue weighted by atomic mass is 28.1. The Kier molecular flexibility index (Phi) is 4.57. The number of ether oxygens (including phenoxy) is 4. The fourth-order valence-corrected chi connectivity index (χ4v) is 4.48. The summed E-state index contributed by atoms with van der Waals surface area (Å²) >= 11 is 0. The number of carbonyl (C=O) groups is 1. The average molecular weight is 338 g/mol. The van der Waals surface area contributed by atoms with Gasteiger partial charge >= 0.3 is 5.97 Å². The summed E-state index contributed by atoms with van der Waals surface area (Å²) in [4.78, 5) is 11.4. The number of carbonyl (C=O) groups excluding carboxylic acids is 1. The van der Waals surface area contributed by atoms with Crippen molar-refractivity contribution in [2.24, 2.45) is 0 Å². The van der Waals surface area contributed by atoms with Crippen LogP contribution in [-0.4, -0.2) is 57.6 Å². The number of aliphatic hydroxyl groups is 1. The van der Waals surface area contributed by atoms with E-state index in [4.69, 9.17) is 18.9 Å². The fourth-order valence-electron chi connectivity index (χ4n) is 3.32. The Morgan fingerprint density at radius 2 is 2.04 bits per heavy atom. The molecule has 2 saturated heterocycles. The molecule has 0 radical (unpaired) electrons. The molecule has 0 aliphatic carbocycles. The number of benzene rings is 1. The van der Waals surface area contributed by atoms with Crippen LogP contribution in [0.2, 0.25) is 0 Å². The van der Waals surface area contributed by atoms with Gasteiger partial charge in [-0.1, -0.05) is 30.3 Å².